The number of benzene rings is 1. The number of anilines is 2. The molecule has 4 heteroatoms. The van der Waals surface area contributed by atoms with Crippen molar-refractivity contribution in [3.05, 3.63) is 18.2 Å². The van der Waals surface area contributed by atoms with Crippen LogP contribution in [-0.4, -0.2) is 11.0 Å². The minimum atomic E-state index is -0.0407. The van der Waals surface area contributed by atoms with E-state index in [0.29, 0.717) is 17.8 Å². The molecule has 0 aromatic heterocycles. The van der Waals surface area contributed by atoms with E-state index in [1.807, 2.05) is 6.92 Å². The highest BCUT2D eigenvalue weighted by Crippen LogP contribution is 2.23. The zero-order valence-electron chi connectivity index (χ0n) is 8.79. The van der Waals surface area contributed by atoms with Gasteiger partial charge in [0.2, 0.25) is 5.91 Å². The van der Waals surface area contributed by atoms with E-state index in [1.54, 1.807) is 12.1 Å². The summed E-state index contributed by atoms with van der Waals surface area (Å²) in [6, 6.07) is 4.67. The van der Waals surface area contributed by atoms with Crippen LogP contribution < -0.4 is 11.1 Å². The van der Waals surface area contributed by atoms with E-state index in [2.05, 4.69) is 5.32 Å². The van der Waals surface area contributed by atoms with Crippen LogP contribution in [0.3, 0.4) is 0 Å². The van der Waals surface area contributed by atoms with Crippen LogP contribution in [0.15, 0.2) is 18.2 Å². The third-order valence-electron chi connectivity index (χ3n) is 2.07. The maximum Gasteiger partial charge on any atom is 0.224 e. The van der Waals surface area contributed by atoms with Crippen LogP contribution in [0.4, 0.5) is 11.4 Å². The van der Waals surface area contributed by atoms with Crippen molar-refractivity contribution in [2.24, 2.45) is 0 Å². The van der Waals surface area contributed by atoms with Crippen LogP contribution in [0.1, 0.15) is 26.2 Å². The number of phenolic OH excluding ortho intramolecular Hbond substituents is 1. The van der Waals surface area contributed by atoms with Crippen molar-refractivity contribution in [1.82, 2.24) is 0 Å². The fourth-order valence-corrected chi connectivity index (χ4v) is 1.18. The van der Waals surface area contributed by atoms with Gasteiger partial charge >= 0.3 is 0 Å². The quantitative estimate of drug-likeness (QED) is 0.524. The summed E-state index contributed by atoms with van der Waals surface area (Å²) in [6.45, 7) is 2.03. The lowest BCUT2D eigenvalue weighted by Crippen LogP contribution is -2.10. The number of aromatic hydroxyl groups is 1. The second kappa shape index (κ2) is 5.24. The number of nitrogens with two attached hydrogens (primary N) is 1. The highest BCUT2D eigenvalue weighted by molar-refractivity contribution is 5.91. The van der Waals surface area contributed by atoms with Gasteiger partial charge in [0.25, 0.3) is 0 Å². The van der Waals surface area contributed by atoms with E-state index in [-0.39, 0.29) is 11.7 Å². The van der Waals surface area contributed by atoms with E-state index in [1.165, 1.54) is 6.07 Å². The van der Waals surface area contributed by atoms with Gasteiger partial charge in [0, 0.05) is 18.2 Å². The topological polar surface area (TPSA) is 75.4 Å². The molecule has 0 aliphatic heterocycles. The number of nitrogen functional groups attached to an aromatic ring is 1. The molecule has 0 heterocycles. The van der Waals surface area contributed by atoms with Crippen LogP contribution in [0.2, 0.25) is 0 Å². The Hall–Kier alpha value is -1.71. The second-order valence-corrected chi connectivity index (χ2v) is 3.43. The van der Waals surface area contributed by atoms with Crippen molar-refractivity contribution in [3.63, 3.8) is 0 Å². The third kappa shape index (κ3) is 3.50. The van der Waals surface area contributed by atoms with Gasteiger partial charge in [-0.05, 0) is 18.6 Å². The summed E-state index contributed by atoms with van der Waals surface area (Å²) in [5.41, 5.74) is 6.32. The number of phenols is 1. The van der Waals surface area contributed by atoms with Crippen LogP contribution in [-0.2, 0) is 4.79 Å². The number of carbonyl (C=O) groups is 1. The van der Waals surface area contributed by atoms with Crippen molar-refractivity contribution in [3.8, 4) is 5.75 Å². The lowest BCUT2D eigenvalue weighted by molar-refractivity contribution is -0.116. The molecular formula is C11H16N2O2. The first-order valence-electron chi connectivity index (χ1n) is 5.02. The SMILES string of the molecule is CCCCC(=O)Nc1ccc(N)c(O)c1. The second-order valence-electron chi connectivity index (χ2n) is 3.43. The lowest BCUT2D eigenvalue weighted by Gasteiger charge is -2.06. The molecule has 4 nitrogen and oxygen atoms in total. The molecule has 0 saturated heterocycles. The minimum Gasteiger partial charge on any atom is -0.506 e. The molecule has 0 radical (unpaired) electrons. The molecule has 0 aliphatic rings. The zero-order chi connectivity index (χ0) is 11.3. The van der Waals surface area contributed by atoms with Gasteiger partial charge in [-0.25, -0.2) is 0 Å². The molecule has 1 rings (SSSR count). The van der Waals surface area contributed by atoms with Crippen molar-refractivity contribution in [2.75, 3.05) is 11.1 Å². The van der Waals surface area contributed by atoms with Crippen molar-refractivity contribution >= 4 is 17.3 Å². The molecule has 0 fully saturated rings. The van der Waals surface area contributed by atoms with Gasteiger partial charge in [0.05, 0.1) is 5.69 Å². The maximum absolute atomic E-state index is 11.3. The number of hydrogen-bond acceptors (Lipinski definition) is 3. The molecular weight excluding hydrogens is 192 g/mol. The normalized spacial score (nSPS) is 9.93. The molecule has 1 aromatic carbocycles. The minimum absolute atomic E-state index is 0.0108. The van der Waals surface area contributed by atoms with E-state index in [4.69, 9.17) is 5.73 Å². The van der Waals surface area contributed by atoms with Crippen LogP contribution >= 0.6 is 0 Å². The van der Waals surface area contributed by atoms with E-state index in [9.17, 15) is 9.90 Å². The monoisotopic (exact) mass is 208 g/mol. The molecule has 1 amide bonds. The summed E-state index contributed by atoms with van der Waals surface area (Å²) < 4.78 is 0. The molecule has 0 atom stereocenters. The molecule has 82 valence electrons. The fraction of sp³-hybridized carbons (Fsp3) is 0.364. The Kier molecular flexibility index (Phi) is 3.97. The van der Waals surface area contributed by atoms with Gasteiger partial charge in [-0.15, -0.1) is 0 Å². The van der Waals surface area contributed by atoms with Gasteiger partial charge in [-0.2, -0.15) is 0 Å². The lowest BCUT2D eigenvalue weighted by atomic mass is 10.2. The largest absolute Gasteiger partial charge is 0.506 e. The Bertz CT molecular complexity index is 350. The van der Waals surface area contributed by atoms with Crippen LogP contribution in [0.5, 0.6) is 5.75 Å². The molecule has 0 spiro atoms. The van der Waals surface area contributed by atoms with Crippen molar-refractivity contribution in [2.45, 2.75) is 26.2 Å². The van der Waals surface area contributed by atoms with Crippen LogP contribution in [0, 0.1) is 0 Å². The zero-order valence-corrected chi connectivity index (χ0v) is 8.79. The highest BCUT2D eigenvalue weighted by Gasteiger charge is 2.03. The Balaban J connectivity index is 2.57. The molecule has 4 N–H and O–H groups in total. The first-order chi connectivity index (χ1) is 7.13. The Morgan fingerprint density at radius 1 is 1.53 bits per heavy atom. The first-order valence-corrected chi connectivity index (χ1v) is 5.02. The van der Waals surface area contributed by atoms with Gasteiger partial charge in [-0.3, -0.25) is 4.79 Å². The summed E-state index contributed by atoms with van der Waals surface area (Å²) >= 11 is 0. The van der Waals surface area contributed by atoms with E-state index < -0.39 is 0 Å². The summed E-state index contributed by atoms with van der Waals surface area (Å²) in [5.74, 6) is -0.0516. The standard InChI is InChI=1S/C11H16N2O2/c1-2-3-4-11(15)13-8-5-6-9(12)10(14)7-8/h5-7,14H,2-4,12H2,1H3,(H,13,15). The number of amides is 1. The summed E-state index contributed by atoms with van der Waals surface area (Å²) in [7, 11) is 0. The van der Waals surface area contributed by atoms with Crippen LogP contribution in [0.25, 0.3) is 0 Å². The summed E-state index contributed by atoms with van der Waals surface area (Å²) in [4.78, 5) is 11.3. The van der Waals surface area contributed by atoms with E-state index in [0.717, 1.165) is 12.8 Å². The Labute approximate surface area is 89.1 Å². The first kappa shape index (κ1) is 11.4. The van der Waals surface area contributed by atoms with Gasteiger partial charge < -0.3 is 16.2 Å². The maximum atomic E-state index is 11.3. The number of unbranched alkanes of at least 4 members (excludes halogenated alkanes) is 1. The Morgan fingerprint density at radius 2 is 2.27 bits per heavy atom. The molecule has 0 aliphatic carbocycles. The molecule has 15 heavy (non-hydrogen) atoms. The Morgan fingerprint density at radius 3 is 2.87 bits per heavy atom. The third-order valence-corrected chi connectivity index (χ3v) is 2.07. The molecule has 1 aromatic rings. The summed E-state index contributed by atoms with van der Waals surface area (Å²) in [6.07, 6.45) is 2.36. The molecule has 0 saturated carbocycles. The predicted octanol–water partition coefficient (Wildman–Crippen LogP) is 2.10. The molecule has 0 bridgehead atoms. The van der Waals surface area contributed by atoms with Gasteiger partial charge in [0.15, 0.2) is 0 Å². The highest BCUT2D eigenvalue weighted by atomic mass is 16.3. The van der Waals surface area contributed by atoms with Gasteiger partial charge in [0.1, 0.15) is 5.75 Å². The average Bonchev–Trinajstić information content (AvgIpc) is 2.20. The number of hydrogen-bond donors (Lipinski definition) is 3. The fourth-order valence-electron chi connectivity index (χ4n) is 1.18. The summed E-state index contributed by atoms with van der Waals surface area (Å²) in [5, 5.41) is 12.0. The van der Waals surface area contributed by atoms with Crippen molar-refractivity contribution in [1.29, 1.82) is 0 Å². The molecule has 0 unspecified atom stereocenters. The predicted molar refractivity (Wildman–Crippen MR) is 60.7 cm³/mol. The van der Waals surface area contributed by atoms with Crippen molar-refractivity contribution < 1.29 is 9.90 Å². The number of carbonyl (C=O) groups excluding carboxylic acids is 1. The van der Waals surface area contributed by atoms with E-state index >= 15 is 0 Å². The number of rotatable bonds is 4. The average molecular weight is 208 g/mol. The number of nitrogens with one attached hydrogen (secondary N) is 1. The smallest absolute Gasteiger partial charge is 0.224 e. The van der Waals surface area contributed by atoms with Gasteiger partial charge in [-0.1, -0.05) is 13.3 Å².